The molecule has 1 atom stereocenters. The summed E-state index contributed by atoms with van der Waals surface area (Å²) in [4.78, 5) is 14.8. The Balaban J connectivity index is 1.31. The molecule has 1 aromatic carbocycles. The van der Waals surface area contributed by atoms with E-state index in [-0.39, 0.29) is 11.9 Å². The SMILES string of the molecule is O=C(NC1CCCC1)c1cn(C2CCCN(CC=Cc3ccccc3)C2)nn1. The third-order valence-electron chi connectivity index (χ3n) is 5.76. The van der Waals surface area contributed by atoms with Crippen LogP contribution < -0.4 is 5.32 Å². The zero-order valence-corrected chi connectivity index (χ0v) is 16.3. The van der Waals surface area contributed by atoms with Crippen LogP contribution in [0.2, 0.25) is 0 Å². The van der Waals surface area contributed by atoms with E-state index in [2.05, 4.69) is 56.9 Å². The third-order valence-corrected chi connectivity index (χ3v) is 5.76. The van der Waals surface area contributed by atoms with Gasteiger partial charge in [0.15, 0.2) is 5.69 Å². The van der Waals surface area contributed by atoms with Gasteiger partial charge in [-0.25, -0.2) is 4.68 Å². The molecule has 1 unspecified atom stereocenters. The van der Waals surface area contributed by atoms with E-state index in [0.717, 1.165) is 45.3 Å². The minimum Gasteiger partial charge on any atom is -0.348 e. The first kappa shape index (κ1) is 18.9. The Morgan fingerprint density at radius 3 is 2.79 bits per heavy atom. The molecule has 6 nitrogen and oxygen atoms in total. The highest BCUT2D eigenvalue weighted by Crippen LogP contribution is 2.21. The highest BCUT2D eigenvalue weighted by molar-refractivity contribution is 5.92. The molecular formula is C22H29N5O. The largest absolute Gasteiger partial charge is 0.348 e. The second-order valence-electron chi connectivity index (χ2n) is 7.91. The minimum atomic E-state index is -0.0865. The molecule has 2 aliphatic rings. The summed E-state index contributed by atoms with van der Waals surface area (Å²) in [6.07, 6.45) is 13.0. The summed E-state index contributed by atoms with van der Waals surface area (Å²) < 4.78 is 1.89. The van der Waals surface area contributed by atoms with Gasteiger partial charge in [-0.05, 0) is 37.8 Å². The van der Waals surface area contributed by atoms with Gasteiger partial charge >= 0.3 is 0 Å². The predicted octanol–water partition coefficient (Wildman–Crippen LogP) is 3.30. The third kappa shape index (κ3) is 4.87. The number of piperidine rings is 1. The van der Waals surface area contributed by atoms with Gasteiger partial charge in [-0.15, -0.1) is 5.10 Å². The van der Waals surface area contributed by atoms with Crippen LogP contribution in [0.3, 0.4) is 0 Å². The zero-order valence-electron chi connectivity index (χ0n) is 16.3. The first-order valence-electron chi connectivity index (χ1n) is 10.4. The van der Waals surface area contributed by atoms with E-state index in [0.29, 0.717) is 11.7 Å². The van der Waals surface area contributed by atoms with Crippen molar-refractivity contribution in [3.8, 4) is 0 Å². The summed E-state index contributed by atoms with van der Waals surface area (Å²) in [5, 5.41) is 11.5. The molecular weight excluding hydrogens is 350 g/mol. The Bertz CT molecular complexity index is 794. The van der Waals surface area contributed by atoms with Crippen molar-refractivity contribution < 1.29 is 4.79 Å². The van der Waals surface area contributed by atoms with Crippen molar-refractivity contribution in [3.63, 3.8) is 0 Å². The number of amides is 1. The number of benzene rings is 1. The van der Waals surface area contributed by atoms with Crippen molar-refractivity contribution in [2.75, 3.05) is 19.6 Å². The second kappa shape index (κ2) is 9.15. The Labute approximate surface area is 166 Å². The normalized spacial score (nSPS) is 21.4. The van der Waals surface area contributed by atoms with Crippen molar-refractivity contribution in [2.24, 2.45) is 0 Å². The van der Waals surface area contributed by atoms with E-state index in [1.165, 1.54) is 18.4 Å². The van der Waals surface area contributed by atoms with Gasteiger partial charge in [0, 0.05) is 19.1 Å². The van der Waals surface area contributed by atoms with Crippen LogP contribution in [0.15, 0.2) is 42.6 Å². The smallest absolute Gasteiger partial charge is 0.273 e. The van der Waals surface area contributed by atoms with E-state index < -0.39 is 0 Å². The Hall–Kier alpha value is -2.47. The summed E-state index contributed by atoms with van der Waals surface area (Å²) >= 11 is 0. The van der Waals surface area contributed by atoms with Crippen LogP contribution in [0.5, 0.6) is 0 Å². The monoisotopic (exact) mass is 379 g/mol. The minimum absolute atomic E-state index is 0.0865. The zero-order chi connectivity index (χ0) is 19.2. The van der Waals surface area contributed by atoms with Gasteiger partial charge < -0.3 is 5.32 Å². The maximum absolute atomic E-state index is 12.4. The fraction of sp³-hybridized carbons (Fsp3) is 0.500. The van der Waals surface area contributed by atoms with Gasteiger partial charge in [0.25, 0.3) is 5.91 Å². The van der Waals surface area contributed by atoms with Crippen LogP contribution in [0.4, 0.5) is 0 Å². The van der Waals surface area contributed by atoms with Crippen molar-refractivity contribution >= 4 is 12.0 Å². The number of nitrogens with one attached hydrogen (secondary N) is 1. The molecule has 1 amide bonds. The van der Waals surface area contributed by atoms with E-state index in [1.807, 2.05) is 16.9 Å². The number of rotatable bonds is 6. The molecule has 1 aromatic heterocycles. The number of carbonyl (C=O) groups excluding carboxylic acids is 1. The van der Waals surface area contributed by atoms with Gasteiger partial charge in [0.05, 0.1) is 12.2 Å². The quantitative estimate of drug-likeness (QED) is 0.836. The molecule has 2 heterocycles. The van der Waals surface area contributed by atoms with Crippen LogP contribution in [-0.4, -0.2) is 51.5 Å². The highest BCUT2D eigenvalue weighted by atomic mass is 16.2. The second-order valence-corrected chi connectivity index (χ2v) is 7.91. The number of hydrogen-bond donors (Lipinski definition) is 1. The maximum Gasteiger partial charge on any atom is 0.273 e. The first-order chi connectivity index (χ1) is 13.8. The van der Waals surface area contributed by atoms with E-state index in [9.17, 15) is 4.79 Å². The molecule has 1 aliphatic heterocycles. The summed E-state index contributed by atoms with van der Waals surface area (Å²) in [6, 6.07) is 11.0. The summed E-state index contributed by atoms with van der Waals surface area (Å²) in [5.41, 5.74) is 1.67. The molecule has 148 valence electrons. The molecule has 28 heavy (non-hydrogen) atoms. The van der Waals surface area contributed by atoms with Crippen molar-refractivity contribution in [1.29, 1.82) is 0 Å². The average Bonchev–Trinajstić information content (AvgIpc) is 3.41. The Kier molecular flexibility index (Phi) is 6.17. The van der Waals surface area contributed by atoms with Gasteiger partial charge in [-0.2, -0.15) is 0 Å². The summed E-state index contributed by atoms with van der Waals surface area (Å²) in [5.74, 6) is -0.0865. The maximum atomic E-state index is 12.4. The molecule has 4 rings (SSSR count). The van der Waals surface area contributed by atoms with Crippen LogP contribution >= 0.6 is 0 Å². The molecule has 1 aliphatic carbocycles. The van der Waals surface area contributed by atoms with Crippen LogP contribution in [0.25, 0.3) is 6.08 Å². The van der Waals surface area contributed by atoms with Crippen molar-refractivity contribution in [3.05, 3.63) is 53.9 Å². The lowest BCUT2D eigenvalue weighted by molar-refractivity contribution is 0.0932. The van der Waals surface area contributed by atoms with Crippen LogP contribution in [0.1, 0.15) is 60.6 Å². The van der Waals surface area contributed by atoms with E-state index in [4.69, 9.17) is 0 Å². The van der Waals surface area contributed by atoms with Crippen molar-refractivity contribution in [1.82, 2.24) is 25.2 Å². The first-order valence-corrected chi connectivity index (χ1v) is 10.4. The van der Waals surface area contributed by atoms with E-state index >= 15 is 0 Å². The molecule has 0 bridgehead atoms. The lowest BCUT2D eigenvalue weighted by Crippen LogP contribution is -2.37. The lowest BCUT2D eigenvalue weighted by Gasteiger charge is -2.31. The molecule has 0 spiro atoms. The highest BCUT2D eigenvalue weighted by Gasteiger charge is 2.24. The molecule has 1 saturated carbocycles. The van der Waals surface area contributed by atoms with Gasteiger partial charge in [-0.1, -0.05) is 60.5 Å². The molecule has 1 saturated heterocycles. The number of carbonyl (C=O) groups is 1. The molecule has 2 fully saturated rings. The lowest BCUT2D eigenvalue weighted by atomic mass is 10.1. The van der Waals surface area contributed by atoms with Crippen LogP contribution in [-0.2, 0) is 0 Å². The Morgan fingerprint density at radius 1 is 1.14 bits per heavy atom. The van der Waals surface area contributed by atoms with Gasteiger partial charge in [0.2, 0.25) is 0 Å². The topological polar surface area (TPSA) is 63.1 Å². The fourth-order valence-electron chi connectivity index (χ4n) is 4.20. The predicted molar refractivity (Wildman–Crippen MR) is 110 cm³/mol. The molecule has 6 heteroatoms. The molecule has 1 N–H and O–H groups in total. The standard InChI is InChI=1S/C22H29N5O/c28-22(23-19-11-4-5-12-19)21-17-27(25-24-21)20-13-7-15-26(16-20)14-6-10-18-8-2-1-3-9-18/h1-3,6,8-10,17,19-20H,4-5,7,11-16H2,(H,23,28). The van der Waals surface area contributed by atoms with Crippen molar-refractivity contribution in [2.45, 2.75) is 50.6 Å². The Morgan fingerprint density at radius 2 is 1.96 bits per heavy atom. The van der Waals surface area contributed by atoms with Gasteiger partial charge in [-0.3, -0.25) is 9.69 Å². The number of hydrogen-bond acceptors (Lipinski definition) is 4. The molecule has 0 radical (unpaired) electrons. The summed E-state index contributed by atoms with van der Waals surface area (Å²) in [7, 11) is 0. The number of likely N-dealkylation sites (tertiary alicyclic amines) is 1. The average molecular weight is 380 g/mol. The van der Waals surface area contributed by atoms with E-state index in [1.54, 1.807) is 0 Å². The van der Waals surface area contributed by atoms with Crippen LogP contribution in [0, 0.1) is 0 Å². The number of aromatic nitrogens is 3. The van der Waals surface area contributed by atoms with Gasteiger partial charge in [0.1, 0.15) is 0 Å². The number of nitrogens with zero attached hydrogens (tertiary/aromatic N) is 4. The molecule has 2 aromatic rings. The summed E-state index contributed by atoms with van der Waals surface area (Å²) in [6.45, 7) is 2.96. The fourth-order valence-corrected chi connectivity index (χ4v) is 4.20.